The second-order valence-electron chi connectivity index (χ2n) is 2.99. The summed E-state index contributed by atoms with van der Waals surface area (Å²) in [5.41, 5.74) is 6.24. The zero-order valence-corrected chi connectivity index (χ0v) is 10.4. The lowest BCUT2D eigenvalue weighted by molar-refractivity contribution is 0.518. The Kier molecular flexibility index (Phi) is 3.52. The van der Waals surface area contributed by atoms with Crippen LogP contribution in [0.1, 0.15) is 6.92 Å². The number of nitrogens with zero attached hydrogens (tertiary/aromatic N) is 2. The van der Waals surface area contributed by atoms with Gasteiger partial charge in [0.2, 0.25) is 0 Å². The SMILES string of the molecule is C#CC(C)N1C=C(I)/C(=C(\N)N=C)C1=N. The highest BCUT2D eigenvalue weighted by molar-refractivity contribution is 14.1. The Morgan fingerprint density at radius 2 is 2.47 bits per heavy atom. The topological polar surface area (TPSA) is 65.5 Å². The Labute approximate surface area is 103 Å². The van der Waals surface area contributed by atoms with Crippen molar-refractivity contribution in [3.8, 4) is 12.3 Å². The lowest BCUT2D eigenvalue weighted by atomic mass is 10.2. The van der Waals surface area contributed by atoms with Gasteiger partial charge >= 0.3 is 0 Å². The fourth-order valence-corrected chi connectivity index (χ4v) is 2.03. The van der Waals surface area contributed by atoms with Crippen molar-refractivity contribution in [1.82, 2.24) is 4.90 Å². The summed E-state index contributed by atoms with van der Waals surface area (Å²) in [5.74, 6) is 3.09. The normalized spacial score (nSPS) is 20.7. The minimum Gasteiger partial charge on any atom is -0.383 e. The quantitative estimate of drug-likeness (QED) is 0.460. The molecule has 0 aliphatic carbocycles. The van der Waals surface area contributed by atoms with Crippen LogP contribution in [0.4, 0.5) is 0 Å². The zero-order valence-electron chi connectivity index (χ0n) is 8.29. The standard InChI is InChI=1S/C10H11IN4/c1-4-6(2)15-5-7(11)8(10(15)13)9(12)14-3/h1,5-6,13H,3,12H2,2H3/b9-8-,13-10?. The molecule has 0 radical (unpaired) electrons. The predicted molar refractivity (Wildman–Crippen MR) is 70.7 cm³/mol. The van der Waals surface area contributed by atoms with Crippen molar-refractivity contribution >= 4 is 35.1 Å². The van der Waals surface area contributed by atoms with E-state index >= 15 is 0 Å². The predicted octanol–water partition coefficient (Wildman–Crippen LogP) is 1.45. The summed E-state index contributed by atoms with van der Waals surface area (Å²) in [6.07, 6.45) is 7.10. The summed E-state index contributed by atoms with van der Waals surface area (Å²) in [7, 11) is 0. The van der Waals surface area contributed by atoms with Crippen LogP contribution < -0.4 is 5.73 Å². The average Bonchev–Trinajstić information content (AvgIpc) is 2.52. The molecule has 1 aliphatic heterocycles. The van der Waals surface area contributed by atoms with E-state index in [1.807, 2.05) is 6.92 Å². The molecule has 0 saturated heterocycles. The third kappa shape index (κ3) is 2.04. The Balaban J connectivity index is 3.15. The zero-order chi connectivity index (χ0) is 11.6. The van der Waals surface area contributed by atoms with Gasteiger partial charge in [-0.1, -0.05) is 5.92 Å². The van der Waals surface area contributed by atoms with Crippen molar-refractivity contribution in [2.24, 2.45) is 10.7 Å². The number of nitrogens with one attached hydrogen (secondary N) is 1. The first-order chi connectivity index (χ1) is 7.02. The van der Waals surface area contributed by atoms with Gasteiger partial charge in [-0.2, -0.15) is 0 Å². The van der Waals surface area contributed by atoms with Crippen molar-refractivity contribution in [3.05, 3.63) is 21.2 Å². The minimum absolute atomic E-state index is 0.169. The first-order valence-corrected chi connectivity index (χ1v) is 5.28. The number of halogens is 1. The lowest BCUT2D eigenvalue weighted by Crippen LogP contribution is -2.30. The molecule has 0 bridgehead atoms. The minimum atomic E-state index is -0.169. The van der Waals surface area contributed by atoms with Gasteiger partial charge in [-0.3, -0.25) is 5.41 Å². The molecule has 4 nitrogen and oxygen atoms in total. The lowest BCUT2D eigenvalue weighted by Gasteiger charge is -2.19. The van der Waals surface area contributed by atoms with E-state index in [-0.39, 0.29) is 17.7 Å². The average molecular weight is 314 g/mol. The molecule has 0 fully saturated rings. The van der Waals surface area contributed by atoms with Crippen LogP contribution in [0.2, 0.25) is 0 Å². The molecule has 0 aromatic rings. The maximum atomic E-state index is 7.91. The van der Waals surface area contributed by atoms with Crippen LogP contribution in [0.5, 0.6) is 0 Å². The summed E-state index contributed by atoms with van der Waals surface area (Å²) in [5, 5.41) is 7.91. The van der Waals surface area contributed by atoms with E-state index in [9.17, 15) is 0 Å². The molecule has 1 rings (SSSR count). The largest absolute Gasteiger partial charge is 0.383 e. The van der Waals surface area contributed by atoms with Gasteiger partial charge in [-0.25, -0.2) is 4.99 Å². The van der Waals surface area contributed by atoms with Crippen molar-refractivity contribution in [3.63, 3.8) is 0 Å². The van der Waals surface area contributed by atoms with E-state index in [0.717, 1.165) is 3.58 Å². The Morgan fingerprint density at radius 3 is 2.93 bits per heavy atom. The first-order valence-electron chi connectivity index (χ1n) is 4.20. The van der Waals surface area contributed by atoms with Crippen LogP contribution in [0.15, 0.2) is 26.2 Å². The number of nitrogens with two attached hydrogens (primary N) is 1. The molecule has 1 heterocycles. The molecule has 1 atom stereocenters. The monoisotopic (exact) mass is 314 g/mol. The van der Waals surface area contributed by atoms with Gasteiger partial charge in [0.05, 0.1) is 11.6 Å². The number of hydrogen-bond acceptors (Lipinski definition) is 3. The second kappa shape index (κ2) is 4.49. The van der Waals surface area contributed by atoms with Crippen molar-refractivity contribution in [1.29, 1.82) is 5.41 Å². The number of hydrogen-bond donors (Lipinski definition) is 2. The van der Waals surface area contributed by atoms with Gasteiger partial charge in [0.15, 0.2) is 0 Å². The maximum Gasteiger partial charge on any atom is 0.138 e. The van der Waals surface area contributed by atoms with Gasteiger partial charge in [-0.05, 0) is 36.2 Å². The van der Waals surface area contributed by atoms with Crippen molar-refractivity contribution in [2.75, 3.05) is 0 Å². The molecule has 0 amide bonds. The Hall–Kier alpha value is -1.29. The summed E-state index contributed by atoms with van der Waals surface area (Å²) in [4.78, 5) is 5.31. The summed E-state index contributed by atoms with van der Waals surface area (Å²) >= 11 is 2.10. The van der Waals surface area contributed by atoms with Crippen LogP contribution in [-0.4, -0.2) is 23.5 Å². The summed E-state index contributed by atoms with van der Waals surface area (Å²) in [6, 6.07) is -0.169. The van der Waals surface area contributed by atoms with Crippen molar-refractivity contribution < 1.29 is 0 Å². The summed E-state index contributed by atoms with van der Waals surface area (Å²) < 4.78 is 0.851. The van der Waals surface area contributed by atoms with E-state index in [1.54, 1.807) is 11.1 Å². The molecule has 1 aliphatic rings. The van der Waals surface area contributed by atoms with Crippen LogP contribution in [0.3, 0.4) is 0 Å². The molecule has 0 spiro atoms. The highest BCUT2D eigenvalue weighted by atomic mass is 127. The number of terminal acetylenes is 1. The number of amidine groups is 1. The maximum absolute atomic E-state index is 7.91. The Bertz CT molecular complexity index is 414. The van der Waals surface area contributed by atoms with Gasteiger partial charge in [0, 0.05) is 9.78 Å². The summed E-state index contributed by atoms with van der Waals surface area (Å²) in [6.45, 7) is 5.19. The van der Waals surface area contributed by atoms with Gasteiger partial charge in [0.25, 0.3) is 0 Å². The smallest absolute Gasteiger partial charge is 0.138 e. The highest BCUT2D eigenvalue weighted by Gasteiger charge is 2.27. The molecule has 5 heteroatoms. The molecular formula is C10H11IN4. The fraction of sp³-hybridized carbons (Fsp3) is 0.200. The van der Waals surface area contributed by atoms with Crippen LogP contribution in [0.25, 0.3) is 0 Å². The first kappa shape index (κ1) is 11.8. The third-order valence-corrected chi connectivity index (χ3v) is 2.89. The number of rotatable bonds is 2. The molecule has 0 aromatic carbocycles. The second-order valence-corrected chi connectivity index (χ2v) is 4.16. The van der Waals surface area contributed by atoms with Crippen molar-refractivity contribution in [2.45, 2.75) is 13.0 Å². The molecule has 0 saturated carbocycles. The highest BCUT2D eigenvalue weighted by Crippen LogP contribution is 2.30. The number of aliphatic imine (C=N–C) groups is 1. The van der Waals surface area contributed by atoms with Gasteiger partial charge < -0.3 is 10.6 Å². The van der Waals surface area contributed by atoms with Crippen LogP contribution in [-0.2, 0) is 0 Å². The van der Waals surface area contributed by atoms with Crippen LogP contribution >= 0.6 is 22.6 Å². The van der Waals surface area contributed by atoms with Crippen LogP contribution in [0, 0.1) is 17.8 Å². The molecule has 78 valence electrons. The third-order valence-electron chi connectivity index (χ3n) is 2.07. The van der Waals surface area contributed by atoms with E-state index in [1.165, 1.54) is 0 Å². The fourth-order valence-electron chi connectivity index (χ4n) is 1.20. The molecular weight excluding hydrogens is 303 g/mol. The van der Waals surface area contributed by atoms with E-state index in [2.05, 4.69) is 40.2 Å². The van der Waals surface area contributed by atoms with Gasteiger partial charge in [-0.15, -0.1) is 6.42 Å². The van der Waals surface area contributed by atoms with E-state index in [4.69, 9.17) is 17.6 Å². The Morgan fingerprint density at radius 1 is 1.87 bits per heavy atom. The molecule has 3 N–H and O–H groups in total. The molecule has 15 heavy (non-hydrogen) atoms. The molecule has 0 aromatic heterocycles. The van der Waals surface area contributed by atoms with Gasteiger partial charge in [0.1, 0.15) is 11.7 Å². The van der Waals surface area contributed by atoms with E-state index in [0.29, 0.717) is 5.57 Å². The molecule has 1 unspecified atom stereocenters. The van der Waals surface area contributed by atoms with E-state index < -0.39 is 0 Å².